The fourth-order valence-corrected chi connectivity index (χ4v) is 4.45. The Labute approximate surface area is 126 Å². The summed E-state index contributed by atoms with van der Waals surface area (Å²) in [4.78, 5) is 6.11. The van der Waals surface area contributed by atoms with Crippen molar-refractivity contribution in [3.05, 3.63) is 12.0 Å². The summed E-state index contributed by atoms with van der Waals surface area (Å²) in [5.74, 6) is 0.681. The van der Waals surface area contributed by atoms with Crippen LogP contribution in [0.2, 0.25) is 0 Å². The van der Waals surface area contributed by atoms with E-state index in [4.69, 9.17) is 0 Å². The molecule has 1 aromatic rings. The molecule has 1 fully saturated rings. The lowest BCUT2D eigenvalue weighted by Crippen LogP contribution is -2.41. The van der Waals surface area contributed by atoms with E-state index in [1.807, 2.05) is 25.9 Å². The molecule has 1 N–H and O–H groups in total. The quantitative estimate of drug-likeness (QED) is 0.820. The van der Waals surface area contributed by atoms with Crippen LogP contribution in [-0.4, -0.2) is 71.6 Å². The van der Waals surface area contributed by atoms with Gasteiger partial charge in [0, 0.05) is 31.9 Å². The first kappa shape index (κ1) is 16.4. The van der Waals surface area contributed by atoms with Crippen LogP contribution in [0.15, 0.2) is 11.2 Å². The highest BCUT2D eigenvalue weighted by molar-refractivity contribution is 7.89. The molecule has 0 aromatic carbocycles. The van der Waals surface area contributed by atoms with Crippen LogP contribution >= 0.6 is 0 Å². The van der Waals surface area contributed by atoms with E-state index in [-0.39, 0.29) is 17.6 Å². The average molecular weight is 316 g/mol. The Balaban J connectivity index is 2.32. The molecule has 1 aromatic heterocycles. The Morgan fingerprint density at radius 3 is 2.67 bits per heavy atom. The monoisotopic (exact) mass is 316 g/mol. The van der Waals surface area contributed by atoms with E-state index in [1.54, 1.807) is 17.7 Å². The van der Waals surface area contributed by atoms with E-state index in [9.17, 15) is 13.5 Å². The largest absolute Gasteiger partial charge is 0.392 e. The van der Waals surface area contributed by atoms with E-state index in [1.165, 1.54) is 4.31 Å². The SMILES string of the molecule is CCn1cc(S(=O)(=O)N2CC(O)CC2CN(C)C)nc1C. The van der Waals surface area contributed by atoms with Crippen molar-refractivity contribution in [3.63, 3.8) is 0 Å². The molecule has 1 saturated heterocycles. The molecule has 0 aliphatic carbocycles. The molecule has 2 heterocycles. The molecule has 2 rings (SSSR count). The molecule has 8 heteroatoms. The van der Waals surface area contributed by atoms with Gasteiger partial charge >= 0.3 is 0 Å². The van der Waals surface area contributed by atoms with Crippen LogP contribution in [0, 0.1) is 6.92 Å². The molecule has 0 spiro atoms. The lowest BCUT2D eigenvalue weighted by Gasteiger charge is -2.25. The van der Waals surface area contributed by atoms with Crippen LogP contribution in [0.3, 0.4) is 0 Å². The first-order chi connectivity index (χ1) is 9.75. The number of aromatic nitrogens is 2. The average Bonchev–Trinajstić information content (AvgIpc) is 2.92. The van der Waals surface area contributed by atoms with Gasteiger partial charge in [0.1, 0.15) is 5.82 Å². The summed E-state index contributed by atoms with van der Waals surface area (Å²) >= 11 is 0. The van der Waals surface area contributed by atoms with Crippen LogP contribution in [0.4, 0.5) is 0 Å². The number of hydrogen-bond donors (Lipinski definition) is 1. The van der Waals surface area contributed by atoms with Crippen molar-refractivity contribution in [2.24, 2.45) is 0 Å². The number of imidazole rings is 1. The van der Waals surface area contributed by atoms with Crippen molar-refractivity contribution < 1.29 is 13.5 Å². The van der Waals surface area contributed by atoms with E-state index >= 15 is 0 Å². The van der Waals surface area contributed by atoms with Gasteiger partial charge in [-0.25, -0.2) is 13.4 Å². The normalized spacial score (nSPS) is 24.1. The number of aliphatic hydroxyl groups is 1. The Hall–Kier alpha value is -0.960. The summed E-state index contributed by atoms with van der Waals surface area (Å²) < 4.78 is 28.7. The van der Waals surface area contributed by atoms with Crippen LogP contribution in [-0.2, 0) is 16.6 Å². The number of aliphatic hydroxyl groups excluding tert-OH is 1. The fraction of sp³-hybridized carbons (Fsp3) is 0.769. The van der Waals surface area contributed by atoms with Gasteiger partial charge in [-0.15, -0.1) is 0 Å². The number of aryl methyl sites for hydroxylation is 2. The summed E-state index contributed by atoms with van der Waals surface area (Å²) in [6.07, 6.45) is 1.42. The fourth-order valence-electron chi connectivity index (χ4n) is 2.79. The third kappa shape index (κ3) is 3.28. The molecule has 0 saturated carbocycles. The van der Waals surface area contributed by atoms with Gasteiger partial charge in [0.2, 0.25) is 0 Å². The topological polar surface area (TPSA) is 78.7 Å². The molecule has 1 aliphatic rings. The summed E-state index contributed by atoms with van der Waals surface area (Å²) in [6.45, 7) is 5.14. The molecule has 0 radical (unpaired) electrons. The van der Waals surface area contributed by atoms with Crippen molar-refractivity contribution >= 4 is 10.0 Å². The Morgan fingerprint density at radius 2 is 2.14 bits per heavy atom. The highest BCUT2D eigenvalue weighted by Crippen LogP contribution is 2.26. The predicted molar refractivity (Wildman–Crippen MR) is 79.5 cm³/mol. The lowest BCUT2D eigenvalue weighted by molar-refractivity contribution is 0.188. The van der Waals surface area contributed by atoms with Crippen LogP contribution < -0.4 is 0 Å². The third-order valence-electron chi connectivity index (χ3n) is 3.79. The standard InChI is InChI=1S/C13H24N4O3S/c1-5-16-9-13(14-10(16)2)21(19,20)17-8-12(18)6-11(17)7-15(3)4/h9,11-12,18H,5-8H2,1-4H3. The molecular weight excluding hydrogens is 292 g/mol. The zero-order valence-electron chi connectivity index (χ0n) is 13.0. The summed E-state index contributed by atoms with van der Waals surface area (Å²) in [6, 6.07) is -0.216. The molecule has 0 bridgehead atoms. The number of rotatable bonds is 5. The molecule has 2 unspecified atom stereocenters. The second-order valence-electron chi connectivity index (χ2n) is 5.79. The molecule has 21 heavy (non-hydrogen) atoms. The van der Waals surface area contributed by atoms with Crippen molar-refractivity contribution in [2.75, 3.05) is 27.2 Å². The lowest BCUT2D eigenvalue weighted by atomic mass is 10.2. The zero-order valence-corrected chi connectivity index (χ0v) is 13.8. The zero-order chi connectivity index (χ0) is 15.8. The van der Waals surface area contributed by atoms with Gasteiger partial charge in [0.05, 0.1) is 6.10 Å². The van der Waals surface area contributed by atoms with Crippen molar-refractivity contribution in [1.82, 2.24) is 18.8 Å². The van der Waals surface area contributed by atoms with Gasteiger partial charge in [0.15, 0.2) is 5.03 Å². The summed E-state index contributed by atoms with van der Waals surface area (Å²) in [5.41, 5.74) is 0. The first-order valence-corrected chi connectivity index (χ1v) is 8.58. The minimum Gasteiger partial charge on any atom is -0.392 e. The molecule has 120 valence electrons. The highest BCUT2D eigenvalue weighted by Gasteiger charge is 2.40. The maximum Gasteiger partial charge on any atom is 0.262 e. The maximum absolute atomic E-state index is 12.8. The van der Waals surface area contributed by atoms with Crippen molar-refractivity contribution in [3.8, 4) is 0 Å². The number of hydrogen-bond acceptors (Lipinski definition) is 5. The number of β-amino-alcohol motifs (C(OH)–C–C–N with tert-alkyl or cyclic N) is 1. The molecule has 7 nitrogen and oxygen atoms in total. The molecule has 1 aliphatic heterocycles. The van der Waals surface area contributed by atoms with Gasteiger partial charge in [-0.2, -0.15) is 4.31 Å². The number of likely N-dealkylation sites (N-methyl/N-ethyl adjacent to an activating group) is 1. The number of nitrogens with zero attached hydrogens (tertiary/aromatic N) is 4. The van der Waals surface area contributed by atoms with E-state index in [2.05, 4.69) is 4.98 Å². The Morgan fingerprint density at radius 1 is 1.48 bits per heavy atom. The summed E-state index contributed by atoms with van der Waals surface area (Å²) in [5, 5.41) is 9.92. The van der Waals surface area contributed by atoms with Crippen LogP contribution in [0.5, 0.6) is 0 Å². The molecule has 2 atom stereocenters. The minimum absolute atomic E-state index is 0.0692. The van der Waals surface area contributed by atoms with Crippen LogP contribution in [0.25, 0.3) is 0 Å². The van der Waals surface area contributed by atoms with Crippen molar-refractivity contribution in [2.45, 2.75) is 44.0 Å². The second kappa shape index (κ2) is 6.04. The molecule has 0 amide bonds. The van der Waals surface area contributed by atoms with E-state index in [0.717, 1.165) is 0 Å². The minimum atomic E-state index is -3.66. The molecular formula is C13H24N4O3S. The van der Waals surface area contributed by atoms with E-state index in [0.29, 0.717) is 25.3 Å². The van der Waals surface area contributed by atoms with Gasteiger partial charge in [-0.1, -0.05) is 0 Å². The summed E-state index contributed by atoms with van der Waals surface area (Å²) in [7, 11) is 0.125. The van der Waals surface area contributed by atoms with Gasteiger partial charge in [0.25, 0.3) is 10.0 Å². The highest BCUT2D eigenvalue weighted by atomic mass is 32.2. The second-order valence-corrected chi connectivity index (χ2v) is 7.63. The maximum atomic E-state index is 12.8. The Bertz CT molecular complexity index is 597. The Kier molecular flexibility index (Phi) is 4.72. The first-order valence-electron chi connectivity index (χ1n) is 7.14. The van der Waals surface area contributed by atoms with Crippen molar-refractivity contribution in [1.29, 1.82) is 0 Å². The van der Waals surface area contributed by atoms with Crippen LogP contribution in [0.1, 0.15) is 19.2 Å². The van der Waals surface area contributed by atoms with Gasteiger partial charge < -0.3 is 14.6 Å². The smallest absolute Gasteiger partial charge is 0.262 e. The third-order valence-corrected chi connectivity index (χ3v) is 5.58. The van der Waals surface area contributed by atoms with E-state index < -0.39 is 16.1 Å². The predicted octanol–water partition coefficient (Wildman–Crippen LogP) is -0.103. The van der Waals surface area contributed by atoms with Gasteiger partial charge in [-0.05, 0) is 34.4 Å². The number of sulfonamides is 1. The van der Waals surface area contributed by atoms with Gasteiger partial charge in [-0.3, -0.25) is 0 Å².